The molecule has 88 valence electrons. The summed E-state index contributed by atoms with van der Waals surface area (Å²) in [4.78, 5) is 11.6. The van der Waals surface area contributed by atoms with E-state index >= 15 is 0 Å². The van der Waals surface area contributed by atoms with Crippen LogP contribution >= 0.6 is 0 Å². The molecular formula is C13H18O3. The molecule has 0 N–H and O–H groups in total. The molecule has 0 saturated heterocycles. The molecule has 0 bridgehead atoms. The van der Waals surface area contributed by atoms with Crippen LogP contribution in [0.2, 0.25) is 0 Å². The number of aryl methyl sites for hydroxylation is 1. The van der Waals surface area contributed by atoms with Crippen molar-refractivity contribution in [2.75, 3.05) is 14.2 Å². The molecule has 3 nitrogen and oxygen atoms in total. The van der Waals surface area contributed by atoms with Crippen LogP contribution in [0.3, 0.4) is 0 Å². The van der Waals surface area contributed by atoms with Crippen molar-refractivity contribution in [3.63, 3.8) is 0 Å². The monoisotopic (exact) mass is 222 g/mol. The number of ether oxygens (including phenoxy) is 2. The quantitative estimate of drug-likeness (QED) is 0.737. The Hall–Kier alpha value is -1.51. The van der Waals surface area contributed by atoms with E-state index in [1.807, 2.05) is 39.0 Å². The van der Waals surface area contributed by atoms with Crippen LogP contribution < -0.4 is 4.74 Å². The number of methoxy groups -OCH3 is 2. The predicted octanol–water partition coefficient (Wildman–Crippen LogP) is 2.45. The summed E-state index contributed by atoms with van der Waals surface area (Å²) < 4.78 is 9.98. The highest BCUT2D eigenvalue weighted by molar-refractivity contribution is 5.82. The molecule has 0 aliphatic carbocycles. The summed E-state index contributed by atoms with van der Waals surface area (Å²) in [6, 6.07) is 5.72. The molecule has 0 heterocycles. The van der Waals surface area contributed by atoms with Crippen LogP contribution in [-0.4, -0.2) is 20.2 Å². The Kier molecular flexibility index (Phi) is 3.58. The van der Waals surface area contributed by atoms with Gasteiger partial charge in [0.1, 0.15) is 5.75 Å². The zero-order chi connectivity index (χ0) is 12.3. The second-order valence-corrected chi connectivity index (χ2v) is 4.30. The fourth-order valence-corrected chi connectivity index (χ4v) is 1.64. The highest BCUT2D eigenvalue weighted by Crippen LogP contribution is 2.28. The van der Waals surface area contributed by atoms with E-state index in [0.29, 0.717) is 0 Å². The van der Waals surface area contributed by atoms with E-state index in [9.17, 15) is 4.79 Å². The molecule has 0 unspecified atom stereocenters. The van der Waals surface area contributed by atoms with Gasteiger partial charge in [-0.3, -0.25) is 4.79 Å². The van der Waals surface area contributed by atoms with E-state index in [-0.39, 0.29) is 5.97 Å². The smallest absolute Gasteiger partial charge is 0.315 e. The summed E-state index contributed by atoms with van der Waals surface area (Å²) in [5.74, 6) is 0.585. The van der Waals surface area contributed by atoms with Crippen molar-refractivity contribution in [1.29, 1.82) is 0 Å². The molecule has 0 aromatic heterocycles. The summed E-state index contributed by atoms with van der Waals surface area (Å²) in [6.07, 6.45) is 0. The molecule has 16 heavy (non-hydrogen) atoms. The van der Waals surface area contributed by atoms with Gasteiger partial charge in [-0.05, 0) is 38.0 Å². The Morgan fingerprint density at radius 1 is 1.25 bits per heavy atom. The fraction of sp³-hybridized carbons (Fsp3) is 0.462. The molecule has 0 radical (unpaired) electrons. The molecule has 0 saturated carbocycles. The number of rotatable bonds is 3. The lowest BCUT2D eigenvalue weighted by Gasteiger charge is -2.22. The van der Waals surface area contributed by atoms with Crippen molar-refractivity contribution in [2.24, 2.45) is 0 Å². The lowest BCUT2D eigenvalue weighted by atomic mass is 9.84. The molecule has 0 aliphatic rings. The van der Waals surface area contributed by atoms with Crippen molar-refractivity contribution in [1.82, 2.24) is 0 Å². The average molecular weight is 222 g/mol. The summed E-state index contributed by atoms with van der Waals surface area (Å²) in [6.45, 7) is 5.65. The third-order valence-electron chi connectivity index (χ3n) is 2.81. The molecule has 3 heteroatoms. The van der Waals surface area contributed by atoms with E-state index in [1.165, 1.54) is 7.11 Å². The Morgan fingerprint density at radius 2 is 1.88 bits per heavy atom. The Balaban J connectivity index is 3.14. The molecule has 0 amide bonds. The molecule has 1 rings (SSSR count). The van der Waals surface area contributed by atoms with Gasteiger partial charge in [0.25, 0.3) is 0 Å². The zero-order valence-corrected chi connectivity index (χ0v) is 10.5. The lowest BCUT2D eigenvalue weighted by molar-refractivity contribution is -0.146. The predicted molar refractivity (Wildman–Crippen MR) is 62.8 cm³/mol. The number of carbonyl (C=O) groups is 1. The van der Waals surface area contributed by atoms with Crippen molar-refractivity contribution in [2.45, 2.75) is 26.2 Å². The molecule has 0 spiro atoms. The van der Waals surface area contributed by atoms with Gasteiger partial charge in [-0.15, -0.1) is 0 Å². The highest BCUT2D eigenvalue weighted by Gasteiger charge is 2.31. The summed E-state index contributed by atoms with van der Waals surface area (Å²) in [7, 11) is 3.04. The van der Waals surface area contributed by atoms with Gasteiger partial charge in [0.05, 0.1) is 19.6 Å². The summed E-state index contributed by atoms with van der Waals surface area (Å²) in [5, 5.41) is 0. The second kappa shape index (κ2) is 4.56. The molecule has 0 aliphatic heterocycles. The van der Waals surface area contributed by atoms with Crippen molar-refractivity contribution in [3.8, 4) is 5.75 Å². The topological polar surface area (TPSA) is 35.5 Å². The third kappa shape index (κ3) is 2.18. The lowest BCUT2D eigenvalue weighted by Crippen LogP contribution is -2.30. The molecule has 0 atom stereocenters. The maximum Gasteiger partial charge on any atom is 0.315 e. The van der Waals surface area contributed by atoms with Gasteiger partial charge in [0.2, 0.25) is 0 Å². The van der Waals surface area contributed by atoms with Gasteiger partial charge < -0.3 is 9.47 Å². The molecule has 1 aromatic rings. The maximum absolute atomic E-state index is 11.6. The van der Waals surface area contributed by atoms with Crippen LogP contribution in [0.4, 0.5) is 0 Å². The van der Waals surface area contributed by atoms with Crippen LogP contribution in [-0.2, 0) is 14.9 Å². The van der Waals surface area contributed by atoms with Gasteiger partial charge >= 0.3 is 5.97 Å². The SMILES string of the molecule is COC(=O)C(C)(C)c1ccc(OC)c(C)c1. The van der Waals surface area contributed by atoms with Crippen LogP contribution in [0.25, 0.3) is 0 Å². The first kappa shape index (κ1) is 12.6. The van der Waals surface area contributed by atoms with Gasteiger partial charge in [0.15, 0.2) is 0 Å². The van der Waals surface area contributed by atoms with E-state index < -0.39 is 5.41 Å². The second-order valence-electron chi connectivity index (χ2n) is 4.30. The third-order valence-corrected chi connectivity index (χ3v) is 2.81. The van der Waals surface area contributed by atoms with Crippen LogP contribution in [0.1, 0.15) is 25.0 Å². The normalized spacial score (nSPS) is 11.1. The molecule has 0 fully saturated rings. The van der Waals surface area contributed by atoms with Crippen molar-refractivity contribution < 1.29 is 14.3 Å². The Bertz CT molecular complexity index is 394. The first-order chi connectivity index (χ1) is 7.43. The highest BCUT2D eigenvalue weighted by atomic mass is 16.5. The van der Waals surface area contributed by atoms with E-state index in [1.54, 1.807) is 7.11 Å². The van der Waals surface area contributed by atoms with Gasteiger partial charge in [-0.1, -0.05) is 12.1 Å². The van der Waals surface area contributed by atoms with Gasteiger partial charge in [0, 0.05) is 0 Å². The Morgan fingerprint density at radius 3 is 2.31 bits per heavy atom. The standard InChI is InChI=1S/C13H18O3/c1-9-8-10(6-7-11(9)15-4)13(2,3)12(14)16-5/h6-8H,1-5H3. The maximum atomic E-state index is 11.6. The van der Waals surface area contributed by atoms with E-state index in [2.05, 4.69) is 0 Å². The Labute approximate surface area is 96.4 Å². The number of hydrogen-bond donors (Lipinski definition) is 0. The van der Waals surface area contributed by atoms with Gasteiger partial charge in [-0.2, -0.15) is 0 Å². The fourth-order valence-electron chi connectivity index (χ4n) is 1.64. The summed E-state index contributed by atoms with van der Waals surface area (Å²) >= 11 is 0. The number of hydrogen-bond acceptors (Lipinski definition) is 3. The van der Waals surface area contributed by atoms with Gasteiger partial charge in [-0.25, -0.2) is 0 Å². The van der Waals surface area contributed by atoms with E-state index in [0.717, 1.165) is 16.9 Å². The minimum atomic E-state index is -0.633. The van der Waals surface area contributed by atoms with Crippen LogP contribution in [0.15, 0.2) is 18.2 Å². The first-order valence-corrected chi connectivity index (χ1v) is 5.17. The minimum absolute atomic E-state index is 0.239. The number of carbonyl (C=O) groups excluding carboxylic acids is 1. The number of esters is 1. The van der Waals surface area contributed by atoms with E-state index in [4.69, 9.17) is 9.47 Å². The largest absolute Gasteiger partial charge is 0.496 e. The molecule has 1 aromatic carbocycles. The average Bonchev–Trinajstić information content (AvgIpc) is 2.27. The first-order valence-electron chi connectivity index (χ1n) is 5.17. The summed E-state index contributed by atoms with van der Waals surface area (Å²) in [5.41, 5.74) is 1.31. The minimum Gasteiger partial charge on any atom is -0.496 e. The van der Waals surface area contributed by atoms with Crippen LogP contribution in [0.5, 0.6) is 5.75 Å². The van der Waals surface area contributed by atoms with Crippen molar-refractivity contribution in [3.05, 3.63) is 29.3 Å². The van der Waals surface area contributed by atoms with Crippen molar-refractivity contribution >= 4 is 5.97 Å². The van der Waals surface area contributed by atoms with Crippen LogP contribution in [0, 0.1) is 6.92 Å². The molecular weight excluding hydrogens is 204 g/mol. The number of benzene rings is 1. The zero-order valence-electron chi connectivity index (χ0n) is 10.5.